The number of benzene rings is 1. The minimum atomic E-state index is -0.339. The molecule has 0 fully saturated rings. The van der Waals surface area contributed by atoms with Gasteiger partial charge < -0.3 is 15.0 Å². The summed E-state index contributed by atoms with van der Waals surface area (Å²) in [4.78, 5) is 31.0. The Morgan fingerprint density at radius 1 is 1.19 bits per heavy atom. The smallest absolute Gasteiger partial charge is 0.321 e. The highest BCUT2D eigenvalue weighted by atomic mass is 16.5. The van der Waals surface area contributed by atoms with Crippen molar-refractivity contribution in [2.24, 2.45) is 0 Å². The SMILES string of the molecule is Cc1ccc(NC(=O)c2cncc(CN(C)C)n2)cc1Oc1ncccn1. The molecule has 3 aromatic rings. The van der Waals surface area contributed by atoms with Gasteiger partial charge in [-0.1, -0.05) is 6.07 Å². The molecule has 0 saturated heterocycles. The molecule has 0 aliphatic carbocycles. The lowest BCUT2D eigenvalue weighted by Crippen LogP contribution is -2.17. The third kappa shape index (κ3) is 5.05. The molecule has 3 rings (SSSR count). The average molecular weight is 364 g/mol. The van der Waals surface area contributed by atoms with Crippen molar-refractivity contribution in [3.63, 3.8) is 0 Å². The number of ether oxygens (including phenoxy) is 1. The van der Waals surface area contributed by atoms with E-state index in [1.54, 1.807) is 36.8 Å². The Kier molecular flexibility index (Phi) is 5.68. The second kappa shape index (κ2) is 8.33. The van der Waals surface area contributed by atoms with Gasteiger partial charge in [-0.25, -0.2) is 15.0 Å². The van der Waals surface area contributed by atoms with Crippen LogP contribution in [0, 0.1) is 6.92 Å². The zero-order valence-electron chi connectivity index (χ0n) is 15.4. The molecule has 0 spiro atoms. The molecule has 0 radical (unpaired) electrons. The zero-order chi connectivity index (χ0) is 19.2. The quantitative estimate of drug-likeness (QED) is 0.719. The monoisotopic (exact) mass is 364 g/mol. The van der Waals surface area contributed by atoms with Crippen LogP contribution in [0.2, 0.25) is 0 Å². The van der Waals surface area contributed by atoms with E-state index in [9.17, 15) is 4.79 Å². The van der Waals surface area contributed by atoms with Crippen LogP contribution >= 0.6 is 0 Å². The maximum absolute atomic E-state index is 12.5. The maximum atomic E-state index is 12.5. The molecule has 8 nitrogen and oxygen atoms in total. The maximum Gasteiger partial charge on any atom is 0.321 e. The summed E-state index contributed by atoms with van der Waals surface area (Å²) in [6.07, 6.45) is 6.29. The van der Waals surface area contributed by atoms with Crippen LogP contribution in [0.25, 0.3) is 0 Å². The van der Waals surface area contributed by atoms with Crippen molar-refractivity contribution in [1.82, 2.24) is 24.8 Å². The molecule has 2 aromatic heterocycles. The normalized spacial score (nSPS) is 10.7. The van der Waals surface area contributed by atoms with Crippen molar-refractivity contribution >= 4 is 11.6 Å². The second-order valence-corrected chi connectivity index (χ2v) is 6.20. The van der Waals surface area contributed by atoms with Crippen LogP contribution in [0.3, 0.4) is 0 Å². The van der Waals surface area contributed by atoms with E-state index in [1.807, 2.05) is 32.0 Å². The van der Waals surface area contributed by atoms with Gasteiger partial charge in [0.2, 0.25) is 0 Å². The summed E-state index contributed by atoms with van der Waals surface area (Å²) >= 11 is 0. The predicted octanol–water partition coefficient (Wildman–Crippen LogP) is 2.68. The standard InChI is InChI=1S/C19H20N6O2/c1-13-5-6-14(9-17(13)27-19-21-7-4-8-22-19)24-18(26)16-11-20-10-15(23-16)12-25(2)3/h4-11H,12H2,1-3H3,(H,24,26). The Bertz CT molecular complexity index is 930. The van der Waals surface area contributed by atoms with Crippen molar-refractivity contribution < 1.29 is 9.53 Å². The third-order valence-electron chi connectivity index (χ3n) is 3.58. The number of nitrogens with one attached hydrogen (secondary N) is 1. The van der Waals surface area contributed by atoms with Crippen molar-refractivity contribution in [3.05, 3.63) is 66.0 Å². The van der Waals surface area contributed by atoms with Gasteiger partial charge in [-0.2, -0.15) is 0 Å². The van der Waals surface area contributed by atoms with Crippen LogP contribution < -0.4 is 10.1 Å². The number of amides is 1. The second-order valence-electron chi connectivity index (χ2n) is 6.20. The van der Waals surface area contributed by atoms with Gasteiger partial charge in [-0.05, 0) is 38.7 Å². The van der Waals surface area contributed by atoms with E-state index in [0.29, 0.717) is 18.0 Å². The topological polar surface area (TPSA) is 93.1 Å². The summed E-state index contributed by atoms with van der Waals surface area (Å²) in [6, 6.07) is 7.32. The van der Waals surface area contributed by atoms with Gasteiger partial charge in [0.15, 0.2) is 0 Å². The highest BCUT2D eigenvalue weighted by Crippen LogP contribution is 2.26. The van der Waals surface area contributed by atoms with E-state index in [-0.39, 0.29) is 17.6 Å². The van der Waals surface area contributed by atoms with Crippen molar-refractivity contribution in [2.45, 2.75) is 13.5 Å². The molecular formula is C19H20N6O2. The summed E-state index contributed by atoms with van der Waals surface area (Å²) in [5, 5.41) is 2.82. The molecule has 1 aromatic carbocycles. The first-order valence-electron chi connectivity index (χ1n) is 8.34. The molecule has 0 aliphatic rings. The van der Waals surface area contributed by atoms with E-state index in [0.717, 1.165) is 11.3 Å². The van der Waals surface area contributed by atoms with Crippen molar-refractivity contribution in [3.8, 4) is 11.8 Å². The number of carbonyl (C=O) groups excluding carboxylic acids is 1. The molecule has 138 valence electrons. The van der Waals surface area contributed by atoms with Gasteiger partial charge in [0, 0.05) is 36.9 Å². The minimum Gasteiger partial charge on any atom is -0.424 e. The fraction of sp³-hybridized carbons (Fsp3) is 0.211. The molecular weight excluding hydrogens is 344 g/mol. The number of aryl methyl sites for hydroxylation is 1. The van der Waals surface area contributed by atoms with E-state index < -0.39 is 0 Å². The number of aromatic nitrogens is 4. The summed E-state index contributed by atoms with van der Waals surface area (Å²) in [6.45, 7) is 2.51. The molecule has 0 bridgehead atoms. The van der Waals surface area contributed by atoms with Gasteiger partial charge in [-0.15, -0.1) is 0 Å². The van der Waals surface area contributed by atoms with Crippen LogP contribution in [0.5, 0.6) is 11.8 Å². The van der Waals surface area contributed by atoms with Crippen LogP contribution in [0.4, 0.5) is 5.69 Å². The Labute approximate surface area is 157 Å². The molecule has 8 heteroatoms. The lowest BCUT2D eigenvalue weighted by atomic mass is 10.2. The van der Waals surface area contributed by atoms with Crippen molar-refractivity contribution in [2.75, 3.05) is 19.4 Å². The van der Waals surface area contributed by atoms with Gasteiger partial charge in [0.25, 0.3) is 5.91 Å². The van der Waals surface area contributed by atoms with Gasteiger partial charge in [0.05, 0.1) is 11.9 Å². The van der Waals surface area contributed by atoms with Crippen molar-refractivity contribution in [1.29, 1.82) is 0 Å². The predicted molar refractivity (Wildman–Crippen MR) is 101 cm³/mol. The summed E-state index contributed by atoms with van der Waals surface area (Å²) in [5.41, 5.74) is 2.45. The van der Waals surface area contributed by atoms with E-state index >= 15 is 0 Å². The molecule has 0 saturated carbocycles. The largest absolute Gasteiger partial charge is 0.424 e. The van der Waals surface area contributed by atoms with Gasteiger partial charge in [0.1, 0.15) is 11.4 Å². The van der Waals surface area contributed by atoms with Gasteiger partial charge in [-0.3, -0.25) is 9.78 Å². The first-order valence-corrected chi connectivity index (χ1v) is 8.34. The molecule has 1 amide bonds. The molecule has 1 N–H and O–H groups in total. The highest BCUT2D eigenvalue weighted by Gasteiger charge is 2.12. The number of carbonyl (C=O) groups is 1. The molecule has 2 heterocycles. The summed E-state index contributed by atoms with van der Waals surface area (Å²) < 4.78 is 5.69. The van der Waals surface area contributed by atoms with E-state index in [1.165, 1.54) is 6.20 Å². The van der Waals surface area contributed by atoms with E-state index in [2.05, 4.69) is 25.3 Å². The molecule has 0 unspecified atom stereocenters. The summed E-state index contributed by atoms with van der Waals surface area (Å²) in [7, 11) is 3.86. The number of hydrogen-bond donors (Lipinski definition) is 1. The van der Waals surface area contributed by atoms with Crippen LogP contribution in [-0.4, -0.2) is 44.8 Å². The minimum absolute atomic E-state index is 0.242. The molecule has 0 aliphatic heterocycles. The average Bonchev–Trinajstić information content (AvgIpc) is 2.65. The Morgan fingerprint density at radius 2 is 1.96 bits per heavy atom. The Hall–Kier alpha value is -3.39. The van der Waals surface area contributed by atoms with Gasteiger partial charge >= 0.3 is 6.01 Å². The lowest BCUT2D eigenvalue weighted by Gasteiger charge is -2.11. The lowest BCUT2D eigenvalue weighted by molar-refractivity contribution is 0.102. The van der Waals surface area contributed by atoms with E-state index in [4.69, 9.17) is 4.74 Å². The Balaban J connectivity index is 1.75. The van der Waals surface area contributed by atoms with Crippen LogP contribution in [0.15, 0.2) is 49.1 Å². The number of nitrogens with zero attached hydrogens (tertiary/aromatic N) is 5. The number of hydrogen-bond acceptors (Lipinski definition) is 7. The third-order valence-corrected chi connectivity index (χ3v) is 3.58. The fourth-order valence-electron chi connectivity index (χ4n) is 2.34. The number of anilines is 1. The zero-order valence-corrected chi connectivity index (χ0v) is 15.4. The Morgan fingerprint density at radius 3 is 2.70 bits per heavy atom. The first kappa shape index (κ1) is 18.4. The molecule has 27 heavy (non-hydrogen) atoms. The van der Waals surface area contributed by atoms with Crippen LogP contribution in [-0.2, 0) is 6.54 Å². The highest BCUT2D eigenvalue weighted by molar-refractivity contribution is 6.02. The fourth-order valence-corrected chi connectivity index (χ4v) is 2.34. The molecule has 0 atom stereocenters. The van der Waals surface area contributed by atoms with Crippen LogP contribution in [0.1, 0.15) is 21.7 Å². The first-order chi connectivity index (χ1) is 13.0. The number of rotatable bonds is 6. The summed E-state index contributed by atoms with van der Waals surface area (Å²) in [5.74, 6) is 0.223.